The number of rotatable bonds is 2. The number of hydrogen-bond donors (Lipinski definition) is 2. The molecule has 98 valence electrons. The highest BCUT2D eigenvalue weighted by Gasteiger charge is 2.38. The Bertz CT molecular complexity index is 458. The van der Waals surface area contributed by atoms with Crippen LogP contribution in [0.15, 0.2) is 18.2 Å². The highest BCUT2D eigenvalue weighted by atomic mass is 19.1. The summed E-state index contributed by atoms with van der Waals surface area (Å²) < 4.78 is 18.6. The summed E-state index contributed by atoms with van der Waals surface area (Å²) >= 11 is 0. The highest BCUT2D eigenvalue weighted by molar-refractivity contribution is 5.95. The van der Waals surface area contributed by atoms with Crippen LogP contribution in [0.2, 0.25) is 0 Å². The smallest absolute Gasteiger partial charge is 0.251 e. The Morgan fingerprint density at radius 1 is 1.56 bits per heavy atom. The van der Waals surface area contributed by atoms with Crippen LogP contribution in [-0.2, 0) is 4.74 Å². The molecule has 0 radical (unpaired) electrons. The summed E-state index contributed by atoms with van der Waals surface area (Å²) in [5.74, 6) is -0.845. The van der Waals surface area contributed by atoms with Gasteiger partial charge in [-0.15, -0.1) is 0 Å². The maximum Gasteiger partial charge on any atom is 0.251 e. The molecule has 0 bridgehead atoms. The first-order valence-electron chi connectivity index (χ1n) is 5.91. The summed E-state index contributed by atoms with van der Waals surface area (Å²) in [4.78, 5) is 12.1. The van der Waals surface area contributed by atoms with Crippen LogP contribution in [0.5, 0.6) is 0 Å². The monoisotopic (exact) mass is 252 g/mol. The summed E-state index contributed by atoms with van der Waals surface area (Å²) in [7, 11) is 0. The van der Waals surface area contributed by atoms with Gasteiger partial charge >= 0.3 is 0 Å². The number of hydrogen-bond acceptors (Lipinski definition) is 3. The number of carbonyl (C=O) groups excluding carboxylic acids is 1. The number of halogens is 1. The summed E-state index contributed by atoms with van der Waals surface area (Å²) in [6.07, 6.45) is 0.678. The number of nitrogens with one attached hydrogen (secondary N) is 1. The zero-order chi connectivity index (χ0) is 13.3. The Balaban J connectivity index is 2.17. The second kappa shape index (κ2) is 4.57. The number of benzene rings is 1. The van der Waals surface area contributed by atoms with Gasteiger partial charge in [0.05, 0.1) is 11.6 Å². The van der Waals surface area contributed by atoms with E-state index < -0.39 is 11.4 Å². The van der Waals surface area contributed by atoms with Crippen LogP contribution in [0, 0.1) is 5.82 Å². The topological polar surface area (TPSA) is 64.3 Å². The van der Waals surface area contributed by atoms with Gasteiger partial charge in [-0.05, 0) is 38.5 Å². The van der Waals surface area contributed by atoms with Gasteiger partial charge in [0, 0.05) is 17.9 Å². The lowest BCUT2D eigenvalue weighted by molar-refractivity contribution is 0.0727. The van der Waals surface area contributed by atoms with Gasteiger partial charge in [0.15, 0.2) is 0 Å². The second-order valence-electron chi connectivity index (χ2n) is 4.91. The fourth-order valence-corrected chi connectivity index (χ4v) is 2.07. The van der Waals surface area contributed by atoms with Gasteiger partial charge < -0.3 is 15.8 Å². The Hall–Kier alpha value is -1.62. The fourth-order valence-electron chi connectivity index (χ4n) is 2.07. The number of carbonyl (C=O) groups is 1. The molecular formula is C13H17FN2O2. The quantitative estimate of drug-likeness (QED) is 0.787. The first kappa shape index (κ1) is 12.8. The van der Waals surface area contributed by atoms with E-state index in [1.807, 2.05) is 13.8 Å². The lowest BCUT2D eigenvalue weighted by Crippen LogP contribution is -2.50. The van der Waals surface area contributed by atoms with E-state index in [9.17, 15) is 9.18 Å². The minimum absolute atomic E-state index is 0.0626. The van der Waals surface area contributed by atoms with Crippen molar-refractivity contribution in [2.75, 3.05) is 12.3 Å². The lowest BCUT2D eigenvalue weighted by Gasteiger charge is -2.28. The van der Waals surface area contributed by atoms with Gasteiger partial charge in [0.1, 0.15) is 5.82 Å². The molecular weight excluding hydrogens is 235 g/mol. The molecule has 1 heterocycles. The molecule has 18 heavy (non-hydrogen) atoms. The molecule has 0 spiro atoms. The molecule has 0 aromatic heterocycles. The molecule has 1 aromatic carbocycles. The lowest BCUT2D eigenvalue weighted by atomic mass is 9.94. The van der Waals surface area contributed by atoms with Crippen LogP contribution in [-0.4, -0.2) is 24.2 Å². The molecule has 4 nitrogen and oxygen atoms in total. The van der Waals surface area contributed by atoms with Gasteiger partial charge in [-0.3, -0.25) is 4.79 Å². The molecule has 1 amide bonds. The van der Waals surface area contributed by atoms with Crippen LogP contribution in [0.1, 0.15) is 30.6 Å². The van der Waals surface area contributed by atoms with Crippen molar-refractivity contribution in [2.24, 2.45) is 0 Å². The van der Waals surface area contributed by atoms with E-state index >= 15 is 0 Å². The molecule has 2 rings (SSSR count). The molecule has 5 heteroatoms. The number of nitrogen functional groups attached to an aromatic ring is 1. The molecule has 2 atom stereocenters. The molecule has 0 saturated carbocycles. The van der Waals surface area contributed by atoms with Crippen LogP contribution in [0.4, 0.5) is 10.1 Å². The molecule has 1 saturated heterocycles. The minimum Gasteiger partial charge on any atom is -0.399 e. The Labute approximate surface area is 105 Å². The normalized spacial score (nSPS) is 27.2. The SMILES string of the molecule is CC1OCCC1(C)NC(=O)c1cc(N)cc(F)c1. The van der Waals surface area contributed by atoms with Crippen molar-refractivity contribution in [3.8, 4) is 0 Å². The number of anilines is 1. The predicted molar refractivity (Wildman–Crippen MR) is 66.7 cm³/mol. The van der Waals surface area contributed by atoms with Gasteiger partial charge in [0.2, 0.25) is 0 Å². The molecule has 1 aliphatic rings. The Morgan fingerprint density at radius 3 is 2.83 bits per heavy atom. The predicted octanol–water partition coefficient (Wildman–Crippen LogP) is 1.71. The van der Waals surface area contributed by atoms with Crippen molar-refractivity contribution >= 4 is 11.6 Å². The van der Waals surface area contributed by atoms with E-state index in [1.165, 1.54) is 18.2 Å². The first-order chi connectivity index (χ1) is 8.40. The van der Waals surface area contributed by atoms with Gasteiger partial charge in [-0.1, -0.05) is 0 Å². The summed E-state index contributed by atoms with van der Waals surface area (Å²) in [5.41, 5.74) is 5.57. The van der Waals surface area contributed by atoms with Crippen molar-refractivity contribution in [1.29, 1.82) is 0 Å². The maximum atomic E-state index is 13.2. The standard InChI is InChI=1S/C13H17FN2O2/c1-8-13(2,3-4-18-8)16-12(17)9-5-10(14)7-11(15)6-9/h5-8H,3-4,15H2,1-2H3,(H,16,17). The van der Waals surface area contributed by atoms with Crippen LogP contribution >= 0.6 is 0 Å². The Morgan fingerprint density at radius 2 is 2.28 bits per heavy atom. The van der Waals surface area contributed by atoms with Crippen LogP contribution in [0.3, 0.4) is 0 Å². The first-order valence-corrected chi connectivity index (χ1v) is 5.91. The van der Waals surface area contributed by atoms with Gasteiger partial charge in [-0.25, -0.2) is 4.39 Å². The molecule has 1 aliphatic heterocycles. The van der Waals surface area contributed by atoms with Crippen molar-refractivity contribution in [3.05, 3.63) is 29.6 Å². The van der Waals surface area contributed by atoms with Gasteiger partial charge in [-0.2, -0.15) is 0 Å². The fraction of sp³-hybridized carbons (Fsp3) is 0.462. The third-order valence-electron chi connectivity index (χ3n) is 3.47. The number of nitrogens with two attached hydrogens (primary N) is 1. The average molecular weight is 252 g/mol. The Kier molecular flexibility index (Phi) is 3.26. The van der Waals surface area contributed by atoms with E-state index in [4.69, 9.17) is 10.5 Å². The third-order valence-corrected chi connectivity index (χ3v) is 3.47. The van der Waals surface area contributed by atoms with E-state index in [-0.39, 0.29) is 23.3 Å². The van der Waals surface area contributed by atoms with E-state index in [0.717, 1.165) is 6.42 Å². The van der Waals surface area contributed by atoms with E-state index in [2.05, 4.69) is 5.32 Å². The van der Waals surface area contributed by atoms with Crippen molar-refractivity contribution in [1.82, 2.24) is 5.32 Å². The van der Waals surface area contributed by atoms with Crippen LogP contribution in [0.25, 0.3) is 0 Å². The molecule has 1 fully saturated rings. The average Bonchev–Trinajstić information content (AvgIpc) is 2.57. The maximum absolute atomic E-state index is 13.2. The number of amides is 1. The molecule has 0 aliphatic carbocycles. The highest BCUT2D eigenvalue weighted by Crippen LogP contribution is 2.25. The zero-order valence-corrected chi connectivity index (χ0v) is 10.5. The van der Waals surface area contributed by atoms with Crippen molar-refractivity contribution in [3.63, 3.8) is 0 Å². The number of ether oxygens (including phenoxy) is 1. The minimum atomic E-state index is -0.513. The molecule has 3 N–H and O–H groups in total. The van der Waals surface area contributed by atoms with Crippen LogP contribution < -0.4 is 11.1 Å². The van der Waals surface area contributed by atoms with Gasteiger partial charge in [0.25, 0.3) is 5.91 Å². The molecule has 2 unspecified atom stereocenters. The molecule has 1 aromatic rings. The van der Waals surface area contributed by atoms with E-state index in [1.54, 1.807) is 0 Å². The largest absolute Gasteiger partial charge is 0.399 e. The summed E-state index contributed by atoms with van der Waals surface area (Å²) in [5, 5.41) is 2.89. The third kappa shape index (κ3) is 2.46. The second-order valence-corrected chi connectivity index (χ2v) is 4.91. The summed E-state index contributed by atoms with van der Waals surface area (Å²) in [6.45, 7) is 4.45. The van der Waals surface area contributed by atoms with E-state index in [0.29, 0.717) is 6.61 Å². The zero-order valence-electron chi connectivity index (χ0n) is 10.5. The van der Waals surface area contributed by atoms with Crippen molar-refractivity contribution in [2.45, 2.75) is 31.9 Å². The summed E-state index contributed by atoms with van der Waals surface area (Å²) in [6, 6.07) is 3.82. The van der Waals surface area contributed by atoms with Crippen molar-refractivity contribution < 1.29 is 13.9 Å².